The van der Waals surface area contributed by atoms with E-state index in [0.29, 0.717) is 0 Å². The van der Waals surface area contributed by atoms with Gasteiger partial charge in [0, 0.05) is 11.6 Å². The van der Waals surface area contributed by atoms with E-state index in [-0.39, 0.29) is 6.54 Å². The largest absolute Gasteiger partial charge is 0.387 e. The molecule has 0 spiro atoms. The Balaban J connectivity index is 3.36. The van der Waals surface area contributed by atoms with Crippen LogP contribution < -0.4 is 5.73 Å². The predicted octanol–water partition coefficient (Wildman–Crippen LogP) is 2.26. The second kappa shape index (κ2) is 4.30. The molecular formula is C11H16ClNO. The highest BCUT2D eigenvalue weighted by atomic mass is 35.5. The van der Waals surface area contributed by atoms with Gasteiger partial charge in [-0.3, -0.25) is 0 Å². The average Bonchev–Trinajstić information content (AvgIpc) is 2.14. The molecule has 0 aliphatic rings. The number of aryl methyl sites for hydroxylation is 2. The van der Waals surface area contributed by atoms with Crippen LogP contribution in [0.25, 0.3) is 0 Å². The molecule has 1 unspecified atom stereocenters. The Morgan fingerprint density at radius 1 is 1.36 bits per heavy atom. The summed E-state index contributed by atoms with van der Waals surface area (Å²) in [6.07, 6.45) is -0.618. The van der Waals surface area contributed by atoms with Crippen LogP contribution in [0.4, 0.5) is 0 Å². The van der Waals surface area contributed by atoms with Gasteiger partial charge in [-0.25, -0.2) is 0 Å². The predicted molar refractivity (Wildman–Crippen MR) is 59.7 cm³/mol. The Kier molecular flexibility index (Phi) is 3.53. The molecule has 78 valence electrons. The van der Waals surface area contributed by atoms with Gasteiger partial charge in [0.25, 0.3) is 0 Å². The highest BCUT2D eigenvalue weighted by Gasteiger charge is 2.15. The fraction of sp³-hybridized carbons (Fsp3) is 0.455. The zero-order valence-electron chi connectivity index (χ0n) is 8.76. The van der Waals surface area contributed by atoms with Crippen LogP contribution in [0, 0.1) is 20.8 Å². The monoisotopic (exact) mass is 213 g/mol. The highest BCUT2D eigenvalue weighted by Crippen LogP contribution is 2.30. The summed E-state index contributed by atoms with van der Waals surface area (Å²) in [5, 5.41) is 10.4. The summed E-state index contributed by atoms with van der Waals surface area (Å²) in [4.78, 5) is 0. The van der Waals surface area contributed by atoms with Crippen molar-refractivity contribution in [3.05, 3.63) is 33.3 Å². The molecule has 0 saturated heterocycles. The van der Waals surface area contributed by atoms with Gasteiger partial charge in [0.15, 0.2) is 0 Å². The van der Waals surface area contributed by atoms with Crippen molar-refractivity contribution in [3.63, 3.8) is 0 Å². The van der Waals surface area contributed by atoms with Crippen LogP contribution in [-0.2, 0) is 0 Å². The van der Waals surface area contributed by atoms with Crippen molar-refractivity contribution < 1.29 is 5.11 Å². The van der Waals surface area contributed by atoms with E-state index < -0.39 is 6.10 Å². The molecule has 0 aromatic heterocycles. The number of nitrogens with two attached hydrogens (primary N) is 1. The SMILES string of the molecule is Cc1cc(C)c(C(O)CN)c(C)c1Cl. The Bertz CT molecular complexity index is 350. The van der Waals surface area contributed by atoms with Crippen molar-refractivity contribution in [3.8, 4) is 0 Å². The third kappa shape index (κ3) is 1.92. The van der Waals surface area contributed by atoms with Crippen LogP contribution >= 0.6 is 11.6 Å². The molecule has 1 rings (SSSR count). The van der Waals surface area contributed by atoms with Crippen molar-refractivity contribution in [1.29, 1.82) is 0 Å². The maximum atomic E-state index is 9.72. The number of hydrogen-bond donors (Lipinski definition) is 2. The Labute approximate surface area is 89.7 Å². The first-order valence-electron chi connectivity index (χ1n) is 4.63. The van der Waals surface area contributed by atoms with Crippen molar-refractivity contribution in [1.82, 2.24) is 0 Å². The summed E-state index contributed by atoms with van der Waals surface area (Å²) in [5.41, 5.74) is 9.31. The Morgan fingerprint density at radius 2 is 1.93 bits per heavy atom. The fourth-order valence-corrected chi connectivity index (χ4v) is 1.96. The number of halogens is 1. The van der Waals surface area contributed by atoms with E-state index in [2.05, 4.69) is 0 Å². The minimum atomic E-state index is -0.618. The lowest BCUT2D eigenvalue weighted by molar-refractivity contribution is 0.185. The maximum Gasteiger partial charge on any atom is 0.0917 e. The van der Waals surface area contributed by atoms with E-state index in [1.807, 2.05) is 26.8 Å². The molecule has 0 aliphatic carbocycles. The average molecular weight is 214 g/mol. The summed E-state index contributed by atoms with van der Waals surface area (Å²) in [7, 11) is 0. The van der Waals surface area contributed by atoms with Crippen molar-refractivity contribution in [2.75, 3.05) is 6.54 Å². The molecule has 14 heavy (non-hydrogen) atoms. The third-order valence-corrected chi connectivity index (χ3v) is 3.08. The summed E-state index contributed by atoms with van der Waals surface area (Å²) < 4.78 is 0. The van der Waals surface area contributed by atoms with Crippen molar-refractivity contribution >= 4 is 11.6 Å². The topological polar surface area (TPSA) is 46.2 Å². The first-order chi connectivity index (χ1) is 6.49. The summed E-state index contributed by atoms with van der Waals surface area (Å²) in [6, 6.07) is 1.98. The number of aliphatic hydroxyl groups is 1. The molecule has 1 aromatic rings. The minimum absolute atomic E-state index is 0.223. The Morgan fingerprint density at radius 3 is 2.43 bits per heavy atom. The molecule has 0 heterocycles. The normalized spacial score (nSPS) is 13.0. The minimum Gasteiger partial charge on any atom is -0.387 e. The molecule has 0 amide bonds. The zero-order valence-corrected chi connectivity index (χ0v) is 9.52. The molecular weight excluding hydrogens is 198 g/mol. The second-order valence-corrected chi connectivity index (χ2v) is 3.99. The molecule has 0 bridgehead atoms. The van der Waals surface area contributed by atoms with Crippen LogP contribution in [0.15, 0.2) is 6.07 Å². The van der Waals surface area contributed by atoms with Gasteiger partial charge in [0.05, 0.1) is 6.10 Å². The quantitative estimate of drug-likeness (QED) is 0.792. The number of benzene rings is 1. The molecule has 1 aromatic carbocycles. The molecule has 2 nitrogen and oxygen atoms in total. The van der Waals surface area contributed by atoms with Gasteiger partial charge in [0.2, 0.25) is 0 Å². The number of hydrogen-bond acceptors (Lipinski definition) is 2. The lowest BCUT2D eigenvalue weighted by atomic mass is 9.95. The smallest absolute Gasteiger partial charge is 0.0917 e. The van der Waals surface area contributed by atoms with E-state index in [9.17, 15) is 5.11 Å². The second-order valence-electron chi connectivity index (χ2n) is 3.61. The lowest BCUT2D eigenvalue weighted by Gasteiger charge is -2.17. The van der Waals surface area contributed by atoms with E-state index in [1.165, 1.54) is 0 Å². The van der Waals surface area contributed by atoms with Crippen LogP contribution in [0.2, 0.25) is 5.02 Å². The molecule has 0 aliphatic heterocycles. The van der Waals surface area contributed by atoms with Gasteiger partial charge in [-0.2, -0.15) is 0 Å². The standard InChI is InChI=1S/C11H16ClNO/c1-6-4-7(2)11(12)8(3)10(6)9(14)5-13/h4,9,14H,5,13H2,1-3H3. The van der Waals surface area contributed by atoms with E-state index in [1.54, 1.807) is 0 Å². The first-order valence-corrected chi connectivity index (χ1v) is 5.01. The molecule has 0 radical (unpaired) electrons. The lowest BCUT2D eigenvalue weighted by Crippen LogP contribution is -2.14. The van der Waals surface area contributed by atoms with Crippen molar-refractivity contribution in [2.45, 2.75) is 26.9 Å². The van der Waals surface area contributed by atoms with Gasteiger partial charge in [-0.1, -0.05) is 17.7 Å². The van der Waals surface area contributed by atoms with E-state index >= 15 is 0 Å². The highest BCUT2D eigenvalue weighted by molar-refractivity contribution is 6.32. The van der Waals surface area contributed by atoms with Crippen molar-refractivity contribution in [2.24, 2.45) is 5.73 Å². The number of rotatable bonds is 2. The molecule has 0 fully saturated rings. The molecule has 3 heteroatoms. The van der Waals surface area contributed by atoms with E-state index in [4.69, 9.17) is 17.3 Å². The summed E-state index contributed by atoms with van der Waals surface area (Å²) in [6.45, 7) is 6.06. The number of aliphatic hydroxyl groups excluding tert-OH is 1. The third-order valence-electron chi connectivity index (χ3n) is 2.49. The van der Waals surface area contributed by atoms with Gasteiger partial charge in [-0.15, -0.1) is 0 Å². The van der Waals surface area contributed by atoms with Crippen LogP contribution in [0.1, 0.15) is 28.4 Å². The fourth-order valence-electron chi connectivity index (χ4n) is 1.81. The maximum absolute atomic E-state index is 9.72. The van der Waals surface area contributed by atoms with Gasteiger partial charge < -0.3 is 10.8 Å². The summed E-state index contributed by atoms with van der Waals surface area (Å²) >= 11 is 6.10. The van der Waals surface area contributed by atoms with Gasteiger partial charge in [0.1, 0.15) is 0 Å². The molecule has 3 N–H and O–H groups in total. The Hall–Kier alpha value is -0.570. The van der Waals surface area contributed by atoms with Gasteiger partial charge in [-0.05, 0) is 43.0 Å². The zero-order chi connectivity index (χ0) is 10.9. The van der Waals surface area contributed by atoms with Gasteiger partial charge >= 0.3 is 0 Å². The first kappa shape index (κ1) is 11.5. The molecule has 1 atom stereocenters. The van der Waals surface area contributed by atoms with E-state index in [0.717, 1.165) is 27.3 Å². The van der Waals surface area contributed by atoms with Crippen LogP contribution in [0.5, 0.6) is 0 Å². The van der Waals surface area contributed by atoms with Crippen LogP contribution in [-0.4, -0.2) is 11.7 Å². The van der Waals surface area contributed by atoms with Crippen LogP contribution in [0.3, 0.4) is 0 Å². The molecule has 0 saturated carbocycles. The summed E-state index contributed by atoms with van der Waals surface area (Å²) in [5.74, 6) is 0.